The van der Waals surface area contributed by atoms with Crippen molar-refractivity contribution in [2.45, 2.75) is 6.04 Å². The van der Waals surface area contributed by atoms with Crippen molar-refractivity contribution in [2.75, 3.05) is 5.32 Å². The minimum Gasteiger partial charge on any atom is -0.336 e. The topological polar surface area (TPSA) is 58.2 Å². The van der Waals surface area contributed by atoms with Gasteiger partial charge in [0.15, 0.2) is 0 Å². The van der Waals surface area contributed by atoms with Crippen LogP contribution in [0.4, 0.5) is 5.69 Å². The standard InChI is InChI=1S/C21H15Cl3N2O2/c22-14-10-8-13(9-11-14)19(21(28)25-16-5-3-4-15(23)12-16)26-20(27)17-6-1-2-7-18(17)24/h1-12,19H,(H,25,28)(H,26,27)/t19-/m1/s1. The molecule has 0 aromatic heterocycles. The maximum absolute atomic E-state index is 12.9. The van der Waals surface area contributed by atoms with E-state index >= 15 is 0 Å². The zero-order chi connectivity index (χ0) is 20.1. The van der Waals surface area contributed by atoms with Gasteiger partial charge >= 0.3 is 0 Å². The summed E-state index contributed by atoms with van der Waals surface area (Å²) in [5.41, 5.74) is 1.37. The number of amides is 2. The second-order valence-electron chi connectivity index (χ2n) is 5.94. The molecule has 0 saturated heterocycles. The molecule has 0 saturated carbocycles. The largest absolute Gasteiger partial charge is 0.336 e. The van der Waals surface area contributed by atoms with E-state index in [2.05, 4.69) is 10.6 Å². The minimum absolute atomic E-state index is 0.277. The van der Waals surface area contributed by atoms with Crippen LogP contribution in [0.2, 0.25) is 15.1 Å². The number of carbonyl (C=O) groups excluding carboxylic acids is 2. The van der Waals surface area contributed by atoms with Crippen LogP contribution in [0.1, 0.15) is 22.0 Å². The summed E-state index contributed by atoms with van der Waals surface area (Å²) in [6.07, 6.45) is 0. The van der Waals surface area contributed by atoms with E-state index in [0.29, 0.717) is 26.3 Å². The van der Waals surface area contributed by atoms with Crippen LogP contribution in [0.15, 0.2) is 72.8 Å². The third-order valence-corrected chi connectivity index (χ3v) is 4.77. The van der Waals surface area contributed by atoms with Crippen molar-refractivity contribution in [1.82, 2.24) is 5.32 Å². The number of hydrogen-bond acceptors (Lipinski definition) is 2. The molecular weight excluding hydrogens is 419 g/mol. The summed E-state index contributed by atoms with van der Waals surface area (Å²) in [5, 5.41) is 6.80. The zero-order valence-corrected chi connectivity index (χ0v) is 16.7. The van der Waals surface area contributed by atoms with Crippen LogP contribution in [0.25, 0.3) is 0 Å². The monoisotopic (exact) mass is 432 g/mol. The first-order valence-corrected chi connectivity index (χ1v) is 9.45. The van der Waals surface area contributed by atoms with Crippen LogP contribution in [0, 0.1) is 0 Å². The Morgan fingerprint density at radius 3 is 2.18 bits per heavy atom. The van der Waals surface area contributed by atoms with Crippen LogP contribution in [0.3, 0.4) is 0 Å². The predicted octanol–water partition coefficient (Wildman–Crippen LogP) is 5.76. The second-order valence-corrected chi connectivity index (χ2v) is 7.22. The molecule has 2 amide bonds. The van der Waals surface area contributed by atoms with Crippen LogP contribution < -0.4 is 10.6 Å². The van der Waals surface area contributed by atoms with Crippen molar-refractivity contribution in [3.63, 3.8) is 0 Å². The summed E-state index contributed by atoms with van der Waals surface area (Å²) < 4.78 is 0. The minimum atomic E-state index is -0.958. The van der Waals surface area contributed by atoms with E-state index in [1.165, 1.54) is 0 Å². The van der Waals surface area contributed by atoms with Gasteiger partial charge in [0, 0.05) is 15.7 Å². The lowest BCUT2D eigenvalue weighted by Crippen LogP contribution is -2.37. The fourth-order valence-corrected chi connectivity index (χ4v) is 3.13. The second kappa shape index (κ2) is 9.11. The Bertz CT molecular complexity index is 1010. The molecule has 3 aromatic rings. The van der Waals surface area contributed by atoms with E-state index in [0.717, 1.165) is 0 Å². The molecule has 0 aliphatic carbocycles. The van der Waals surface area contributed by atoms with Gasteiger partial charge in [0.05, 0.1) is 10.6 Å². The van der Waals surface area contributed by atoms with Gasteiger partial charge in [0.1, 0.15) is 6.04 Å². The van der Waals surface area contributed by atoms with Gasteiger partial charge < -0.3 is 10.6 Å². The molecule has 1 atom stereocenters. The number of rotatable bonds is 5. The van der Waals surface area contributed by atoms with Gasteiger partial charge in [-0.25, -0.2) is 0 Å². The molecule has 0 unspecified atom stereocenters. The maximum atomic E-state index is 12.9. The zero-order valence-electron chi connectivity index (χ0n) is 14.5. The molecule has 0 spiro atoms. The molecule has 4 nitrogen and oxygen atoms in total. The average Bonchev–Trinajstić information content (AvgIpc) is 2.67. The summed E-state index contributed by atoms with van der Waals surface area (Å²) >= 11 is 18.0. The fourth-order valence-electron chi connectivity index (χ4n) is 2.59. The number of nitrogens with one attached hydrogen (secondary N) is 2. The predicted molar refractivity (Wildman–Crippen MR) is 113 cm³/mol. The molecule has 0 radical (unpaired) electrons. The Labute approximate surface area is 177 Å². The van der Waals surface area contributed by atoms with Crippen LogP contribution in [-0.4, -0.2) is 11.8 Å². The quantitative estimate of drug-likeness (QED) is 0.538. The van der Waals surface area contributed by atoms with Crippen molar-refractivity contribution in [3.8, 4) is 0 Å². The third-order valence-electron chi connectivity index (χ3n) is 3.95. The Balaban J connectivity index is 1.88. The number of hydrogen-bond donors (Lipinski definition) is 2. The first-order chi connectivity index (χ1) is 13.4. The Kier molecular flexibility index (Phi) is 6.57. The lowest BCUT2D eigenvalue weighted by Gasteiger charge is -2.19. The Hall–Kier alpha value is -2.53. The fraction of sp³-hybridized carbons (Fsp3) is 0.0476. The van der Waals surface area contributed by atoms with Gasteiger partial charge in [-0.05, 0) is 48.0 Å². The highest BCUT2D eigenvalue weighted by Crippen LogP contribution is 2.22. The summed E-state index contributed by atoms with van der Waals surface area (Å²) in [6, 6.07) is 19.1. The molecule has 0 bridgehead atoms. The molecule has 2 N–H and O–H groups in total. The van der Waals surface area contributed by atoms with Gasteiger partial charge in [0.25, 0.3) is 11.8 Å². The van der Waals surface area contributed by atoms with Crippen LogP contribution in [0.5, 0.6) is 0 Å². The lowest BCUT2D eigenvalue weighted by molar-refractivity contribution is -0.118. The Morgan fingerprint density at radius 1 is 0.786 bits per heavy atom. The van der Waals surface area contributed by atoms with Gasteiger partial charge in [-0.2, -0.15) is 0 Å². The van der Waals surface area contributed by atoms with Gasteiger partial charge in [0.2, 0.25) is 0 Å². The van der Waals surface area contributed by atoms with E-state index in [1.807, 2.05) is 0 Å². The molecule has 3 aromatic carbocycles. The molecule has 0 fully saturated rings. The molecule has 3 rings (SSSR count). The van der Waals surface area contributed by atoms with Crippen molar-refractivity contribution in [2.24, 2.45) is 0 Å². The summed E-state index contributed by atoms with van der Waals surface area (Å²) in [4.78, 5) is 25.6. The van der Waals surface area contributed by atoms with Gasteiger partial charge in [-0.15, -0.1) is 0 Å². The van der Waals surface area contributed by atoms with Gasteiger partial charge in [-0.1, -0.05) is 65.1 Å². The molecule has 7 heteroatoms. The first-order valence-electron chi connectivity index (χ1n) is 8.31. The van der Waals surface area contributed by atoms with E-state index in [4.69, 9.17) is 34.8 Å². The highest BCUT2D eigenvalue weighted by Gasteiger charge is 2.24. The molecular formula is C21H15Cl3N2O2. The summed E-state index contributed by atoms with van der Waals surface area (Å²) in [5.74, 6) is -0.892. The van der Waals surface area contributed by atoms with Crippen LogP contribution >= 0.6 is 34.8 Å². The van der Waals surface area contributed by atoms with Gasteiger partial charge in [-0.3, -0.25) is 9.59 Å². The molecule has 0 heterocycles. The molecule has 0 aliphatic heterocycles. The van der Waals surface area contributed by atoms with Crippen molar-refractivity contribution in [3.05, 3.63) is 99.0 Å². The highest BCUT2D eigenvalue weighted by atomic mass is 35.5. The highest BCUT2D eigenvalue weighted by molar-refractivity contribution is 6.34. The van der Waals surface area contributed by atoms with Crippen molar-refractivity contribution >= 4 is 52.3 Å². The number of anilines is 1. The SMILES string of the molecule is O=C(N[C@@H](C(=O)Nc1cccc(Cl)c1)c1ccc(Cl)cc1)c1ccccc1Cl. The van der Waals surface area contributed by atoms with E-state index in [1.54, 1.807) is 72.8 Å². The number of halogens is 3. The van der Waals surface area contributed by atoms with Crippen molar-refractivity contribution in [1.29, 1.82) is 0 Å². The van der Waals surface area contributed by atoms with E-state index < -0.39 is 17.9 Å². The maximum Gasteiger partial charge on any atom is 0.253 e. The van der Waals surface area contributed by atoms with E-state index in [9.17, 15) is 9.59 Å². The number of benzene rings is 3. The van der Waals surface area contributed by atoms with Crippen molar-refractivity contribution < 1.29 is 9.59 Å². The summed E-state index contributed by atoms with van der Waals surface area (Å²) in [7, 11) is 0. The Morgan fingerprint density at radius 2 is 1.50 bits per heavy atom. The summed E-state index contributed by atoms with van der Waals surface area (Å²) in [6.45, 7) is 0. The van der Waals surface area contributed by atoms with E-state index in [-0.39, 0.29) is 5.56 Å². The molecule has 0 aliphatic rings. The molecule has 142 valence electrons. The average molecular weight is 434 g/mol. The first kappa shape index (κ1) is 20.2. The number of carbonyl (C=O) groups is 2. The third kappa shape index (κ3) is 5.04. The smallest absolute Gasteiger partial charge is 0.253 e. The van der Waals surface area contributed by atoms with Crippen LogP contribution in [-0.2, 0) is 4.79 Å². The molecule has 28 heavy (non-hydrogen) atoms. The normalized spacial score (nSPS) is 11.5. The lowest BCUT2D eigenvalue weighted by atomic mass is 10.0.